The van der Waals surface area contributed by atoms with Gasteiger partial charge in [0.2, 0.25) is 10.0 Å². The molecule has 8 nitrogen and oxygen atoms in total. The van der Waals surface area contributed by atoms with Crippen LogP contribution in [0.5, 0.6) is 0 Å². The van der Waals surface area contributed by atoms with E-state index in [1.165, 1.54) is 18.2 Å². The predicted octanol–water partition coefficient (Wildman–Crippen LogP) is 3.01. The molecule has 32 heavy (non-hydrogen) atoms. The Labute approximate surface area is 184 Å². The number of aromatic nitrogens is 3. The van der Waals surface area contributed by atoms with Gasteiger partial charge in [-0.1, -0.05) is 0 Å². The highest BCUT2D eigenvalue weighted by Gasteiger charge is 2.18. The number of rotatable bonds is 8. The number of fused-ring (bicyclic) bond motifs is 1. The number of nitrogens with one attached hydrogen (secondary N) is 1. The Morgan fingerprint density at radius 2 is 1.94 bits per heavy atom. The molecule has 0 amide bonds. The molecular weight excluding hydrogens is 435 g/mol. The van der Waals surface area contributed by atoms with Crippen LogP contribution in [0.3, 0.4) is 0 Å². The molecule has 0 unspecified atom stereocenters. The van der Waals surface area contributed by atoms with E-state index in [4.69, 9.17) is 0 Å². The molecule has 10 heteroatoms. The molecule has 0 atom stereocenters. The van der Waals surface area contributed by atoms with E-state index < -0.39 is 21.8 Å². The van der Waals surface area contributed by atoms with Gasteiger partial charge in [-0.25, -0.2) is 27.3 Å². The Morgan fingerprint density at radius 3 is 2.59 bits per heavy atom. The summed E-state index contributed by atoms with van der Waals surface area (Å²) in [6.07, 6.45) is 5.17. The molecule has 0 aliphatic carbocycles. The molecule has 0 spiro atoms. The van der Waals surface area contributed by atoms with Crippen LogP contribution in [0.15, 0.2) is 66.1 Å². The Hall–Kier alpha value is -3.50. The Morgan fingerprint density at radius 1 is 1.19 bits per heavy atom. The minimum absolute atomic E-state index is 0.0165. The van der Waals surface area contributed by atoms with E-state index in [2.05, 4.69) is 9.71 Å². The number of benzene rings is 2. The van der Waals surface area contributed by atoms with Crippen molar-refractivity contribution in [2.75, 3.05) is 6.54 Å². The van der Waals surface area contributed by atoms with Gasteiger partial charge in [0, 0.05) is 42.1 Å². The van der Waals surface area contributed by atoms with Gasteiger partial charge in [-0.15, -0.1) is 0 Å². The topological polar surface area (TPSA) is 106 Å². The van der Waals surface area contributed by atoms with Crippen molar-refractivity contribution in [1.29, 1.82) is 0 Å². The molecule has 0 saturated heterocycles. The maximum Gasteiger partial charge on any atom is 0.335 e. The molecule has 4 rings (SSSR count). The van der Waals surface area contributed by atoms with Crippen molar-refractivity contribution < 1.29 is 22.7 Å². The standard InChI is InChI=1S/C22H21FN4O4S/c1-15-19-12-16(22(28)29)2-7-20(19)27(21(15)13-26-10-8-24-14-26)11-9-25-32(30,31)18-5-3-17(23)4-6-18/h2-8,10,12,14,25H,9,11,13H2,1H3,(H,28,29). The Balaban J connectivity index is 1.65. The van der Waals surface area contributed by atoms with Crippen LogP contribution in [0.1, 0.15) is 21.6 Å². The minimum Gasteiger partial charge on any atom is -0.478 e. The lowest BCUT2D eigenvalue weighted by Crippen LogP contribution is -2.28. The molecule has 0 fully saturated rings. The Kier molecular flexibility index (Phi) is 5.81. The second kappa shape index (κ2) is 8.56. The van der Waals surface area contributed by atoms with Crippen LogP contribution < -0.4 is 4.72 Å². The van der Waals surface area contributed by atoms with Crippen LogP contribution in [0.4, 0.5) is 4.39 Å². The average molecular weight is 456 g/mol. The lowest BCUT2D eigenvalue weighted by molar-refractivity contribution is 0.0697. The number of halogens is 1. The highest BCUT2D eigenvalue weighted by molar-refractivity contribution is 7.89. The van der Waals surface area contributed by atoms with Crippen LogP contribution in [0.25, 0.3) is 10.9 Å². The molecule has 2 N–H and O–H groups in total. The highest BCUT2D eigenvalue weighted by atomic mass is 32.2. The third-order valence-electron chi connectivity index (χ3n) is 5.34. The largest absolute Gasteiger partial charge is 0.478 e. The summed E-state index contributed by atoms with van der Waals surface area (Å²) in [5.41, 5.74) is 2.83. The lowest BCUT2D eigenvalue weighted by Gasteiger charge is -2.13. The number of aryl methyl sites for hydroxylation is 1. The van der Waals surface area contributed by atoms with Crippen molar-refractivity contribution in [3.63, 3.8) is 0 Å². The fourth-order valence-corrected chi connectivity index (χ4v) is 4.73. The van der Waals surface area contributed by atoms with Gasteiger partial charge in [-0.05, 0) is 55.0 Å². The van der Waals surface area contributed by atoms with E-state index in [1.54, 1.807) is 24.7 Å². The predicted molar refractivity (Wildman–Crippen MR) is 117 cm³/mol. The number of sulfonamides is 1. The second-order valence-electron chi connectivity index (χ2n) is 7.35. The monoisotopic (exact) mass is 456 g/mol. The number of carbonyl (C=O) groups is 1. The van der Waals surface area contributed by atoms with Crippen LogP contribution in [0.2, 0.25) is 0 Å². The molecule has 0 saturated carbocycles. The van der Waals surface area contributed by atoms with Gasteiger partial charge in [0.25, 0.3) is 0 Å². The summed E-state index contributed by atoms with van der Waals surface area (Å²) in [5.74, 6) is -1.52. The zero-order chi connectivity index (χ0) is 22.9. The normalized spacial score (nSPS) is 11.8. The van der Waals surface area contributed by atoms with Gasteiger partial charge >= 0.3 is 5.97 Å². The summed E-state index contributed by atoms with van der Waals surface area (Å²) in [7, 11) is -3.80. The first-order valence-corrected chi connectivity index (χ1v) is 11.3. The number of imidazole rings is 1. The van der Waals surface area contributed by atoms with Crippen molar-refractivity contribution in [2.24, 2.45) is 0 Å². The van der Waals surface area contributed by atoms with E-state index in [-0.39, 0.29) is 17.0 Å². The molecule has 166 valence electrons. The molecular formula is C22H21FN4O4S. The van der Waals surface area contributed by atoms with Gasteiger partial charge in [-0.2, -0.15) is 0 Å². The zero-order valence-corrected chi connectivity index (χ0v) is 18.0. The van der Waals surface area contributed by atoms with E-state index >= 15 is 0 Å². The smallest absolute Gasteiger partial charge is 0.335 e. The molecule has 4 aromatic rings. The number of hydrogen-bond acceptors (Lipinski definition) is 4. The number of carboxylic acids is 1. The summed E-state index contributed by atoms with van der Waals surface area (Å²) < 4.78 is 44.6. The van der Waals surface area contributed by atoms with Crippen LogP contribution in [-0.4, -0.2) is 40.2 Å². The van der Waals surface area contributed by atoms with Gasteiger partial charge in [0.05, 0.1) is 23.3 Å². The summed E-state index contributed by atoms with van der Waals surface area (Å²) >= 11 is 0. The van der Waals surface area contributed by atoms with Crippen molar-refractivity contribution in [1.82, 2.24) is 18.8 Å². The maximum absolute atomic E-state index is 13.1. The van der Waals surface area contributed by atoms with Crippen LogP contribution in [0, 0.1) is 12.7 Å². The van der Waals surface area contributed by atoms with Crippen molar-refractivity contribution >= 4 is 26.9 Å². The molecule has 2 aromatic heterocycles. The number of hydrogen-bond donors (Lipinski definition) is 2. The molecule has 0 bridgehead atoms. The van der Waals surface area contributed by atoms with Gasteiger partial charge < -0.3 is 14.2 Å². The van der Waals surface area contributed by atoms with E-state index in [9.17, 15) is 22.7 Å². The molecule has 2 heterocycles. The van der Waals surface area contributed by atoms with Gasteiger partial charge in [0.15, 0.2) is 0 Å². The van der Waals surface area contributed by atoms with Crippen molar-refractivity contribution in [3.05, 3.63) is 83.8 Å². The molecule has 0 aliphatic rings. The van der Waals surface area contributed by atoms with Crippen molar-refractivity contribution in [2.45, 2.75) is 24.9 Å². The zero-order valence-electron chi connectivity index (χ0n) is 17.2. The minimum atomic E-state index is -3.80. The second-order valence-corrected chi connectivity index (χ2v) is 9.11. The number of nitrogens with zero attached hydrogens (tertiary/aromatic N) is 3. The quantitative estimate of drug-likeness (QED) is 0.424. The number of aromatic carboxylic acids is 1. The summed E-state index contributed by atoms with van der Waals surface area (Å²) in [6, 6.07) is 9.52. The first kappa shape index (κ1) is 21.7. The first-order chi connectivity index (χ1) is 15.3. The third-order valence-corrected chi connectivity index (χ3v) is 6.82. The van der Waals surface area contributed by atoms with Gasteiger partial charge in [0.1, 0.15) is 5.82 Å². The lowest BCUT2D eigenvalue weighted by atomic mass is 10.1. The van der Waals surface area contributed by atoms with Crippen LogP contribution >= 0.6 is 0 Å². The fraction of sp³-hybridized carbons (Fsp3) is 0.182. The molecule has 0 aliphatic heterocycles. The molecule has 2 aromatic carbocycles. The van der Waals surface area contributed by atoms with E-state index in [0.29, 0.717) is 13.1 Å². The van der Waals surface area contributed by atoms with Crippen LogP contribution in [-0.2, 0) is 23.1 Å². The van der Waals surface area contributed by atoms with Gasteiger partial charge in [-0.3, -0.25) is 0 Å². The summed E-state index contributed by atoms with van der Waals surface area (Å²) in [6.45, 7) is 2.83. The summed E-state index contributed by atoms with van der Waals surface area (Å²) in [5, 5.41) is 10.1. The van der Waals surface area contributed by atoms with Crippen molar-refractivity contribution in [3.8, 4) is 0 Å². The highest BCUT2D eigenvalue weighted by Crippen LogP contribution is 2.27. The Bertz CT molecular complexity index is 1380. The number of carboxylic acid groups (broad SMARTS) is 1. The summed E-state index contributed by atoms with van der Waals surface area (Å²) in [4.78, 5) is 15.5. The van der Waals surface area contributed by atoms with E-state index in [1.807, 2.05) is 22.3 Å². The van der Waals surface area contributed by atoms with E-state index in [0.717, 1.165) is 34.3 Å². The maximum atomic E-state index is 13.1. The first-order valence-electron chi connectivity index (χ1n) is 9.82. The fourth-order valence-electron chi connectivity index (χ4n) is 3.71. The third kappa shape index (κ3) is 4.27. The SMILES string of the molecule is Cc1c(Cn2ccnc2)n(CCNS(=O)(=O)c2ccc(F)cc2)c2ccc(C(=O)O)cc12. The average Bonchev–Trinajstić information content (AvgIpc) is 3.36. The molecule has 0 radical (unpaired) electrons.